The average Bonchev–Trinajstić information content (AvgIpc) is 2.45. The average molecular weight is 266 g/mol. The Bertz CT molecular complexity index is 439. The normalized spacial score (nSPS) is 19.5. The van der Waals surface area contributed by atoms with Crippen molar-refractivity contribution in [2.45, 2.75) is 32.3 Å². The zero-order valence-corrected chi connectivity index (χ0v) is 11.1. The molecular weight excluding hydrogens is 247 g/mol. The molecule has 0 spiro atoms. The number of carbonyl (C=O) groups excluding carboxylic acids is 1. The largest absolute Gasteiger partial charge is 0.376 e. The number of piperidine rings is 1. The van der Waals surface area contributed by atoms with Crippen LogP contribution in [0.2, 0.25) is 0 Å². The molecule has 1 atom stereocenters. The van der Waals surface area contributed by atoms with Crippen molar-refractivity contribution in [1.82, 2.24) is 9.88 Å². The van der Waals surface area contributed by atoms with Crippen molar-refractivity contribution in [3.8, 4) is 0 Å². The van der Waals surface area contributed by atoms with E-state index in [-0.39, 0.29) is 17.6 Å². The van der Waals surface area contributed by atoms with Gasteiger partial charge in [-0.3, -0.25) is 4.79 Å². The van der Waals surface area contributed by atoms with Gasteiger partial charge in [0.25, 0.3) is 5.91 Å². The van der Waals surface area contributed by atoms with Crippen molar-refractivity contribution in [3.05, 3.63) is 29.8 Å². The van der Waals surface area contributed by atoms with Crippen LogP contribution in [0.1, 0.15) is 36.5 Å². The van der Waals surface area contributed by atoms with Crippen LogP contribution in [0.3, 0.4) is 0 Å². The second kappa shape index (κ2) is 6.61. The smallest absolute Gasteiger partial charge is 0.258 e. The summed E-state index contributed by atoms with van der Waals surface area (Å²) in [4.78, 5) is 17.4. The molecule has 0 aromatic carbocycles. The van der Waals surface area contributed by atoms with Crippen LogP contribution < -0.4 is 0 Å². The minimum Gasteiger partial charge on any atom is -0.376 e. The molecule has 1 unspecified atom stereocenters. The number of nitrogens with zero attached hydrogens (tertiary/aromatic N) is 2. The lowest BCUT2D eigenvalue weighted by molar-refractivity contribution is 0.00193. The van der Waals surface area contributed by atoms with Gasteiger partial charge in [0.15, 0.2) is 0 Å². The topological polar surface area (TPSA) is 42.4 Å². The number of amides is 1. The Hall–Kier alpha value is -1.49. The maximum absolute atomic E-state index is 13.5. The summed E-state index contributed by atoms with van der Waals surface area (Å²) in [5.41, 5.74) is 0.0404. The molecule has 5 heteroatoms. The minimum atomic E-state index is -0.705. The fourth-order valence-electron chi connectivity index (χ4n) is 2.26. The highest BCUT2D eigenvalue weighted by Crippen LogP contribution is 2.17. The highest BCUT2D eigenvalue weighted by atomic mass is 19.1. The third-order valence-corrected chi connectivity index (χ3v) is 3.21. The highest BCUT2D eigenvalue weighted by Gasteiger charge is 2.26. The van der Waals surface area contributed by atoms with E-state index in [2.05, 4.69) is 11.9 Å². The van der Waals surface area contributed by atoms with Crippen LogP contribution in [0.15, 0.2) is 18.3 Å². The molecule has 0 radical (unpaired) electrons. The molecule has 0 saturated carbocycles. The Morgan fingerprint density at radius 3 is 3.21 bits per heavy atom. The van der Waals surface area contributed by atoms with Gasteiger partial charge in [-0.15, -0.1) is 0 Å². The van der Waals surface area contributed by atoms with Gasteiger partial charge in [-0.25, -0.2) is 4.98 Å². The van der Waals surface area contributed by atoms with E-state index in [0.717, 1.165) is 19.3 Å². The van der Waals surface area contributed by atoms with Crippen LogP contribution in [0.4, 0.5) is 4.39 Å². The second-order valence-corrected chi connectivity index (χ2v) is 4.73. The summed E-state index contributed by atoms with van der Waals surface area (Å²) < 4.78 is 19.2. The van der Waals surface area contributed by atoms with Gasteiger partial charge in [0.2, 0.25) is 5.95 Å². The number of rotatable bonds is 4. The number of carbonyl (C=O) groups is 1. The number of pyridine rings is 1. The third kappa shape index (κ3) is 3.50. The summed E-state index contributed by atoms with van der Waals surface area (Å²) in [6.45, 7) is 3.94. The van der Waals surface area contributed by atoms with Crippen LogP contribution in [0.5, 0.6) is 0 Å². The minimum absolute atomic E-state index is 0.0404. The van der Waals surface area contributed by atoms with E-state index in [1.807, 2.05) is 0 Å². The summed E-state index contributed by atoms with van der Waals surface area (Å²) in [6.07, 6.45) is 4.22. The zero-order valence-electron chi connectivity index (χ0n) is 11.1. The Morgan fingerprint density at radius 1 is 1.63 bits per heavy atom. The van der Waals surface area contributed by atoms with Crippen molar-refractivity contribution < 1.29 is 13.9 Å². The van der Waals surface area contributed by atoms with Gasteiger partial charge < -0.3 is 9.64 Å². The first kappa shape index (κ1) is 13.9. The van der Waals surface area contributed by atoms with Crippen LogP contribution in [0, 0.1) is 5.95 Å². The summed E-state index contributed by atoms with van der Waals surface area (Å²) in [7, 11) is 0. The van der Waals surface area contributed by atoms with Crippen LogP contribution in [-0.2, 0) is 4.74 Å². The van der Waals surface area contributed by atoms with Crippen LogP contribution >= 0.6 is 0 Å². The molecule has 1 amide bonds. The van der Waals surface area contributed by atoms with E-state index in [1.165, 1.54) is 12.3 Å². The monoisotopic (exact) mass is 266 g/mol. The van der Waals surface area contributed by atoms with Gasteiger partial charge in [0.05, 0.1) is 11.7 Å². The predicted octanol–water partition coefficient (Wildman–Crippen LogP) is 2.25. The maximum Gasteiger partial charge on any atom is 0.258 e. The SMILES string of the molecule is CCCOC1CCCN(C(=O)c2cccnc2F)C1. The fourth-order valence-corrected chi connectivity index (χ4v) is 2.26. The van der Waals surface area contributed by atoms with E-state index >= 15 is 0 Å². The summed E-state index contributed by atoms with van der Waals surface area (Å²) in [5, 5.41) is 0. The number of aromatic nitrogens is 1. The van der Waals surface area contributed by atoms with Gasteiger partial charge in [-0.2, -0.15) is 4.39 Å². The molecule has 2 rings (SSSR count). The van der Waals surface area contributed by atoms with Gasteiger partial charge in [0, 0.05) is 25.9 Å². The zero-order chi connectivity index (χ0) is 13.7. The van der Waals surface area contributed by atoms with Crippen molar-refractivity contribution in [2.75, 3.05) is 19.7 Å². The van der Waals surface area contributed by atoms with Gasteiger partial charge in [-0.1, -0.05) is 6.92 Å². The van der Waals surface area contributed by atoms with E-state index < -0.39 is 5.95 Å². The number of hydrogen-bond acceptors (Lipinski definition) is 3. The molecule has 0 bridgehead atoms. The molecule has 104 valence electrons. The lowest BCUT2D eigenvalue weighted by Crippen LogP contribution is -2.43. The Kier molecular flexibility index (Phi) is 4.85. The standard InChI is InChI=1S/C14H19FN2O2/c1-2-9-19-11-5-4-8-17(10-11)14(18)12-6-3-7-16-13(12)15/h3,6-7,11H,2,4-5,8-10H2,1H3. The lowest BCUT2D eigenvalue weighted by Gasteiger charge is -2.32. The van der Waals surface area contributed by atoms with E-state index in [0.29, 0.717) is 19.7 Å². The lowest BCUT2D eigenvalue weighted by atomic mass is 10.1. The fraction of sp³-hybridized carbons (Fsp3) is 0.571. The molecule has 1 aromatic rings. The summed E-state index contributed by atoms with van der Waals surface area (Å²) >= 11 is 0. The molecule has 19 heavy (non-hydrogen) atoms. The molecule has 1 aliphatic heterocycles. The Labute approximate surface area is 112 Å². The van der Waals surface area contributed by atoms with Crippen molar-refractivity contribution >= 4 is 5.91 Å². The maximum atomic E-state index is 13.5. The first-order valence-electron chi connectivity index (χ1n) is 6.73. The molecule has 0 aliphatic carbocycles. The highest BCUT2D eigenvalue weighted by molar-refractivity contribution is 5.94. The molecule has 4 nitrogen and oxygen atoms in total. The quantitative estimate of drug-likeness (QED) is 0.785. The first-order chi connectivity index (χ1) is 9.22. The molecule has 1 aromatic heterocycles. The third-order valence-electron chi connectivity index (χ3n) is 3.21. The van der Waals surface area contributed by atoms with Gasteiger partial charge in [0.1, 0.15) is 0 Å². The van der Waals surface area contributed by atoms with E-state index in [9.17, 15) is 9.18 Å². The number of likely N-dealkylation sites (tertiary alicyclic amines) is 1. The Balaban J connectivity index is 2.01. The molecule has 1 fully saturated rings. The van der Waals surface area contributed by atoms with Gasteiger partial charge >= 0.3 is 0 Å². The van der Waals surface area contributed by atoms with E-state index in [1.54, 1.807) is 11.0 Å². The number of ether oxygens (including phenoxy) is 1. The van der Waals surface area contributed by atoms with Crippen LogP contribution in [-0.4, -0.2) is 41.6 Å². The van der Waals surface area contributed by atoms with Gasteiger partial charge in [-0.05, 0) is 31.4 Å². The Morgan fingerprint density at radius 2 is 2.47 bits per heavy atom. The number of halogens is 1. The van der Waals surface area contributed by atoms with Crippen molar-refractivity contribution in [1.29, 1.82) is 0 Å². The summed E-state index contributed by atoms with van der Waals surface area (Å²) in [6, 6.07) is 3.05. The van der Waals surface area contributed by atoms with E-state index in [4.69, 9.17) is 4.74 Å². The van der Waals surface area contributed by atoms with Crippen molar-refractivity contribution in [2.24, 2.45) is 0 Å². The second-order valence-electron chi connectivity index (χ2n) is 4.73. The molecule has 2 heterocycles. The molecular formula is C14H19FN2O2. The van der Waals surface area contributed by atoms with Crippen molar-refractivity contribution in [3.63, 3.8) is 0 Å². The number of hydrogen-bond donors (Lipinski definition) is 0. The summed E-state index contributed by atoms with van der Waals surface area (Å²) in [5.74, 6) is -1.00. The molecule has 1 aliphatic rings. The predicted molar refractivity (Wildman–Crippen MR) is 69.4 cm³/mol. The molecule has 0 N–H and O–H groups in total. The van der Waals surface area contributed by atoms with Crippen LogP contribution in [0.25, 0.3) is 0 Å². The first-order valence-corrected chi connectivity index (χ1v) is 6.73. The molecule has 1 saturated heterocycles.